The van der Waals surface area contributed by atoms with Crippen molar-refractivity contribution in [2.24, 2.45) is 0 Å². The van der Waals surface area contributed by atoms with E-state index in [1.165, 1.54) is 0 Å². The molecule has 0 atom stereocenters. The molecular weight excluding hydrogens is 395 g/mol. The smallest absolute Gasteiger partial charge is 0.253 e. The van der Waals surface area contributed by atoms with Gasteiger partial charge in [-0.25, -0.2) is 0 Å². The Kier molecular flexibility index (Phi) is 4.14. The van der Waals surface area contributed by atoms with Gasteiger partial charge in [-0.05, 0) is 42.5 Å². The summed E-state index contributed by atoms with van der Waals surface area (Å²) in [5.41, 5.74) is 2.28. The molecule has 142 valence electrons. The number of carbonyl (C=O) groups excluding carboxylic acids is 1. The number of nitrogens with zero attached hydrogens (tertiary/aromatic N) is 2. The molecule has 1 saturated heterocycles. The lowest BCUT2D eigenvalue weighted by Gasteiger charge is -2.45. The number of amides is 1. The van der Waals surface area contributed by atoms with Crippen LogP contribution in [0.15, 0.2) is 60.8 Å². The van der Waals surface area contributed by atoms with Crippen LogP contribution < -0.4 is 4.74 Å². The Bertz CT molecular complexity index is 1070. The van der Waals surface area contributed by atoms with E-state index in [1.807, 2.05) is 29.2 Å². The fourth-order valence-electron chi connectivity index (χ4n) is 4.23. The molecule has 0 N–H and O–H groups in total. The molecule has 5 rings (SSSR count). The van der Waals surface area contributed by atoms with Gasteiger partial charge in [0, 0.05) is 53.8 Å². The normalized spacial score (nSPS) is 17.0. The maximum Gasteiger partial charge on any atom is 0.253 e. The number of hydrogen-bond acceptors (Lipinski definition) is 2. The van der Waals surface area contributed by atoms with Gasteiger partial charge < -0.3 is 14.2 Å². The monoisotopic (exact) mass is 412 g/mol. The van der Waals surface area contributed by atoms with E-state index in [-0.39, 0.29) is 5.91 Å². The summed E-state index contributed by atoms with van der Waals surface area (Å²) >= 11 is 12.2. The van der Waals surface area contributed by atoms with Crippen molar-refractivity contribution < 1.29 is 9.53 Å². The number of rotatable bonds is 1. The second-order valence-corrected chi connectivity index (χ2v) is 8.15. The molecule has 4 nitrogen and oxygen atoms in total. The van der Waals surface area contributed by atoms with Crippen molar-refractivity contribution in [2.45, 2.75) is 18.4 Å². The van der Waals surface area contributed by atoms with Crippen molar-refractivity contribution in [2.75, 3.05) is 13.1 Å². The van der Waals surface area contributed by atoms with Gasteiger partial charge in [0.1, 0.15) is 5.75 Å². The zero-order chi connectivity index (χ0) is 19.3. The molecule has 1 aromatic heterocycles. The van der Waals surface area contributed by atoms with Crippen molar-refractivity contribution >= 4 is 29.1 Å². The Morgan fingerprint density at radius 1 is 0.964 bits per heavy atom. The molecule has 2 aliphatic rings. The highest BCUT2D eigenvalue weighted by Gasteiger charge is 2.44. The van der Waals surface area contributed by atoms with Crippen LogP contribution in [0.2, 0.25) is 10.0 Å². The van der Waals surface area contributed by atoms with Crippen molar-refractivity contribution in [1.82, 2.24) is 9.47 Å². The Morgan fingerprint density at radius 3 is 2.54 bits per heavy atom. The van der Waals surface area contributed by atoms with Crippen molar-refractivity contribution in [3.63, 3.8) is 0 Å². The fourth-order valence-corrected chi connectivity index (χ4v) is 4.58. The summed E-state index contributed by atoms with van der Waals surface area (Å²) in [7, 11) is 0. The highest BCUT2D eigenvalue weighted by molar-refractivity contribution is 6.31. The minimum atomic E-state index is -0.452. The van der Waals surface area contributed by atoms with Gasteiger partial charge >= 0.3 is 0 Å². The van der Waals surface area contributed by atoms with Gasteiger partial charge in [-0.3, -0.25) is 4.79 Å². The zero-order valence-corrected chi connectivity index (χ0v) is 16.6. The topological polar surface area (TPSA) is 34.5 Å². The van der Waals surface area contributed by atoms with Crippen LogP contribution in [0, 0.1) is 0 Å². The van der Waals surface area contributed by atoms with Crippen LogP contribution in [-0.4, -0.2) is 28.5 Å². The maximum atomic E-state index is 12.9. The first kappa shape index (κ1) is 17.7. The third-order valence-electron chi connectivity index (χ3n) is 5.63. The predicted molar refractivity (Wildman–Crippen MR) is 110 cm³/mol. The Balaban J connectivity index is 1.42. The third-order valence-corrected chi connectivity index (χ3v) is 6.10. The van der Waals surface area contributed by atoms with E-state index in [0.717, 1.165) is 30.0 Å². The molecule has 1 amide bonds. The zero-order valence-electron chi connectivity index (χ0n) is 15.1. The number of ether oxygens (including phenoxy) is 1. The molecule has 0 radical (unpaired) electrons. The van der Waals surface area contributed by atoms with Gasteiger partial charge in [0.25, 0.3) is 5.91 Å². The number of piperidine rings is 1. The first-order valence-electron chi connectivity index (χ1n) is 9.27. The average molecular weight is 413 g/mol. The number of hydrogen-bond donors (Lipinski definition) is 0. The van der Waals surface area contributed by atoms with Crippen LogP contribution in [0.4, 0.5) is 0 Å². The van der Waals surface area contributed by atoms with E-state index in [1.54, 1.807) is 24.3 Å². The summed E-state index contributed by atoms with van der Waals surface area (Å²) in [6.07, 6.45) is 3.49. The molecule has 28 heavy (non-hydrogen) atoms. The van der Waals surface area contributed by atoms with Crippen LogP contribution in [-0.2, 0) is 5.60 Å². The summed E-state index contributed by atoms with van der Waals surface area (Å²) in [4.78, 5) is 14.7. The van der Waals surface area contributed by atoms with Crippen LogP contribution in [0.5, 0.6) is 5.75 Å². The third kappa shape index (κ3) is 2.79. The second-order valence-electron chi connectivity index (χ2n) is 7.27. The molecule has 2 aromatic carbocycles. The van der Waals surface area contributed by atoms with Crippen LogP contribution in [0.25, 0.3) is 5.69 Å². The second kappa shape index (κ2) is 6.57. The van der Waals surface area contributed by atoms with Crippen molar-refractivity contribution in [3.8, 4) is 11.4 Å². The minimum Gasteiger partial charge on any atom is -0.479 e. The highest BCUT2D eigenvalue weighted by atomic mass is 35.5. The molecule has 3 aromatic rings. The summed E-state index contributed by atoms with van der Waals surface area (Å²) in [5.74, 6) is 0.790. The average Bonchev–Trinajstić information content (AvgIpc) is 3.19. The number of benzene rings is 2. The van der Waals surface area contributed by atoms with Crippen LogP contribution >= 0.6 is 23.2 Å². The molecular formula is C22H18Cl2N2O2. The van der Waals surface area contributed by atoms with E-state index in [4.69, 9.17) is 27.9 Å². The van der Waals surface area contributed by atoms with Crippen LogP contribution in [0.3, 0.4) is 0 Å². The molecule has 3 heterocycles. The first-order valence-corrected chi connectivity index (χ1v) is 10.0. The summed E-state index contributed by atoms with van der Waals surface area (Å²) in [6, 6.07) is 17.0. The standard InChI is InChI=1S/C22H18Cl2N2O2/c23-16-4-1-3-15(13-16)21(27)25-11-8-22(9-12-25)20-5-2-10-26(20)18-7-6-17(24)14-19(18)28-22/h1-7,10,13-14H,8-9,11-12H2. The van der Waals surface area contributed by atoms with E-state index >= 15 is 0 Å². The lowest BCUT2D eigenvalue weighted by Crippen LogP contribution is -2.50. The maximum absolute atomic E-state index is 12.9. The Hall–Kier alpha value is -2.43. The summed E-state index contributed by atoms with van der Waals surface area (Å²) in [6.45, 7) is 1.23. The molecule has 1 spiro atoms. The van der Waals surface area contributed by atoms with E-state index in [0.29, 0.717) is 28.7 Å². The quantitative estimate of drug-likeness (QED) is 0.542. The van der Waals surface area contributed by atoms with Gasteiger partial charge in [0.2, 0.25) is 0 Å². The first-order chi connectivity index (χ1) is 13.6. The van der Waals surface area contributed by atoms with Gasteiger partial charge in [-0.15, -0.1) is 0 Å². The Morgan fingerprint density at radius 2 is 1.75 bits per heavy atom. The van der Waals surface area contributed by atoms with E-state index < -0.39 is 5.60 Å². The molecule has 2 aliphatic heterocycles. The molecule has 1 fully saturated rings. The van der Waals surface area contributed by atoms with E-state index in [9.17, 15) is 4.79 Å². The number of aromatic nitrogens is 1. The highest BCUT2D eigenvalue weighted by Crippen LogP contribution is 2.45. The molecule has 0 saturated carbocycles. The molecule has 0 aliphatic carbocycles. The van der Waals surface area contributed by atoms with Gasteiger partial charge in [0.15, 0.2) is 5.60 Å². The fraction of sp³-hybridized carbons (Fsp3) is 0.227. The van der Waals surface area contributed by atoms with Crippen molar-refractivity contribution in [1.29, 1.82) is 0 Å². The molecule has 0 unspecified atom stereocenters. The summed E-state index contributed by atoms with van der Waals surface area (Å²) in [5, 5.41) is 1.22. The van der Waals surface area contributed by atoms with Gasteiger partial charge in [0.05, 0.1) is 11.4 Å². The van der Waals surface area contributed by atoms with Crippen LogP contribution in [0.1, 0.15) is 28.9 Å². The number of carbonyl (C=O) groups is 1. The SMILES string of the molecule is O=C(c1cccc(Cl)c1)N1CCC2(CC1)Oc1cc(Cl)ccc1-n1cccc12. The minimum absolute atomic E-state index is 0.00647. The largest absolute Gasteiger partial charge is 0.479 e. The summed E-state index contributed by atoms with van der Waals surface area (Å²) < 4.78 is 8.68. The number of likely N-dealkylation sites (tertiary alicyclic amines) is 1. The van der Waals surface area contributed by atoms with Gasteiger partial charge in [-0.2, -0.15) is 0 Å². The number of halogens is 2. The lowest BCUT2D eigenvalue weighted by atomic mass is 9.86. The van der Waals surface area contributed by atoms with Gasteiger partial charge in [-0.1, -0.05) is 29.3 Å². The van der Waals surface area contributed by atoms with Crippen molar-refractivity contribution in [3.05, 3.63) is 82.1 Å². The lowest BCUT2D eigenvalue weighted by molar-refractivity contribution is -0.00929. The predicted octanol–water partition coefficient (Wildman–Crippen LogP) is 5.31. The number of fused-ring (bicyclic) bond motifs is 4. The van der Waals surface area contributed by atoms with E-state index in [2.05, 4.69) is 16.8 Å². The molecule has 6 heteroatoms. The Labute approximate surface area is 173 Å². The molecule has 0 bridgehead atoms.